The van der Waals surface area contributed by atoms with Crippen LogP contribution in [0, 0.1) is 13.8 Å². The summed E-state index contributed by atoms with van der Waals surface area (Å²) >= 11 is 9.34. The second kappa shape index (κ2) is 5.89. The molecule has 0 saturated carbocycles. The van der Waals surface area contributed by atoms with Gasteiger partial charge in [0.2, 0.25) is 0 Å². The van der Waals surface area contributed by atoms with Crippen molar-refractivity contribution in [2.45, 2.75) is 20.3 Å². The zero-order valence-electron chi connectivity index (χ0n) is 10.8. The molecule has 0 N–H and O–H groups in total. The Kier molecular flexibility index (Phi) is 4.43. The minimum atomic E-state index is 0.0839. The van der Waals surface area contributed by atoms with Crippen molar-refractivity contribution in [1.29, 1.82) is 0 Å². The molecule has 0 bridgehead atoms. The predicted octanol–water partition coefficient (Wildman–Crippen LogP) is 5.14. The smallest absolute Gasteiger partial charge is 0.167 e. The van der Waals surface area contributed by atoms with Crippen molar-refractivity contribution in [2.24, 2.45) is 0 Å². The summed E-state index contributed by atoms with van der Waals surface area (Å²) in [5.41, 5.74) is 4.04. The number of rotatable bonds is 3. The second-order valence-electron chi connectivity index (χ2n) is 4.63. The molecule has 0 aromatic heterocycles. The van der Waals surface area contributed by atoms with Gasteiger partial charge in [-0.1, -0.05) is 45.7 Å². The van der Waals surface area contributed by atoms with Gasteiger partial charge in [-0.2, -0.15) is 0 Å². The van der Waals surface area contributed by atoms with E-state index >= 15 is 0 Å². The molecule has 19 heavy (non-hydrogen) atoms. The molecule has 2 aromatic carbocycles. The Labute approximate surface area is 126 Å². The van der Waals surface area contributed by atoms with Crippen LogP contribution in [0.3, 0.4) is 0 Å². The van der Waals surface area contributed by atoms with Crippen molar-refractivity contribution in [3.63, 3.8) is 0 Å². The van der Waals surface area contributed by atoms with Crippen LogP contribution in [0.2, 0.25) is 5.02 Å². The van der Waals surface area contributed by atoms with E-state index in [1.54, 1.807) is 12.1 Å². The van der Waals surface area contributed by atoms with Crippen LogP contribution in [0.1, 0.15) is 27.0 Å². The number of hydrogen-bond acceptors (Lipinski definition) is 1. The molecule has 98 valence electrons. The maximum Gasteiger partial charge on any atom is 0.167 e. The Bertz CT molecular complexity index is 594. The molecule has 3 heteroatoms. The average molecular weight is 338 g/mol. The lowest BCUT2D eigenvalue weighted by atomic mass is 9.96. The first kappa shape index (κ1) is 14.3. The lowest BCUT2D eigenvalue weighted by Crippen LogP contribution is -2.06. The van der Waals surface area contributed by atoms with E-state index in [0.717, 1.165) is 21.2 Å². The topological polar surface area (TPSA) is 17.1 Å². The molecule has 2 aromatic rings. The third kappa shape index (κ3) is 3.46. The summed E-state index contributed by atoms with van der Waals surface area (Å²) in [6, 6.07) is 11.4. The molecule has 0 spiro atoms. The fourth-order valence-corrected chi connectivity index (χ4v) is 2.97. The third-order valence-electron chi connectivity index (χ3n) is 3.17. The molecule has 0 heterocycles. The normalized spacial score (nSPS) is 10.5. The van der Waals surface area contributed by atoms with Gasteiger partial charge in [0, 0.05) is 21.5 Å². The summed E-state index contributed by atoms with van der Waals surface area (Å²) < 4.78 is 0.824. The standard InChI is InChI=1S/C16H14BrClO/c1-10-4-3-5-11(2)15(10)9-16(19)12-6-13(17)8-14(18)7-12/h3-8H,9H2,1-2H3. The van der Waals surface area contributed by atoms with Gasteiger partial charge >= 0.3 is 0 Å². The molecule has 0 aliphatic carbocycles. The fourth-order valence-electron chi connectivity index (χ4n) is 2.11. The zero-order valence-corrected chi connectivity index (χ0v) is 13.2. The van der Waals surface area contributed by atoms with E-state index in [9.17, 15) is 4.79 Å². The number of aryl methyl sites for hydroxylation is 2. The second-order valence-corrected chi connectivity index (χ2v) is 5.98. The predicted molar refractivity (Wildman–Crippen MR) is 83.1 cm³/mol. The van der Waals surface area contributed by atoms with Gasteiger partial charge in [-0.25, -0.2) is 0 Å². The van der Waals surface area contributed by atoms with Crippen molar-refractivity contribution in [3.8, 4) is 0 Å². The van der Waals surface area contributed by atoms with E-state index in [4.69, 9.17) is 11.6 Å². The van der Waals surface area contributed by atoms with Gasteiger partial charge in [0.1, 0.15) is 0 Å². The molecule has 1 nitrogen and oxygen atoms in total. The summed E-state index contributed by atoms with van der Waals surface area (Å²) in [7, 11) is 0. The molecular formula is C16H14BrClO. The zero-order chi connectivity index (χ0) is 14.0. The Balaban J connectivity index is 2.31. The molecule has 0 aliphatic heterocycles. The van der Waals surface area contributed by atoms with Crippen LogP contribution in [0.15, 0.2) is 40.9 Å². The molecule has 2 rings (SSSR count). The average Bonchev–Trinajstić information content (AvgIpc) is 2.32. The van der Waals surface area contributed by atoms with E-state index in [-0.39, 0.29) is 5.78 Å². The Morgan fingerprint density at radius 1 is 1.16 bits per heavy atom. The van der Waals surface area contributed by atoms with E-state index in [2.05, 4.69) is 15.9 Å². The number of hydrogen-bond donors (Lipinski definition) is 0. The Morgan fingerprint density at radius 3 is 2.37 bits per heavy atom. The number of carbonyl (C=O) groups excluding carboxylic acids is 1. The highest BCUT2D eigenvalue weighted by molar-refractivity contribution is 9.10. The van der Waals surface area contributed by atoms with Gasteiger partial charge in [-0.15, -0.1) is 0 Å². The number of carbonyl (C=O) groups is 1. The van der Waals surface area contributed by atoms with Crippen molar-refractivity contribution in [3.05, 3.63) is 68.1 Å². The van der Waals surface area contributed by atoms with Crippen LogP contribution in [0.4, 0.5) is 0 Å². The maximum atomic E-state index is 12.3. The number of halogens is 2. The monoisotopic (exact) mass is 336 g/mol. The Morgan fingerprint density at radius 2 is 1.79 bits per heavy atom. The van der Waals surface area contributed by atoms with E-state index in [1.165, 1.54) is 0 Å². The lowest BCUT2D eigenvalue weighted by molar-refractivity contribution is 0.0992. The highest BCUT2D eigenvalue weighted by Crippen LogP contribution is 2.22. The first-order valence-electron chi connectivity index (χ1n) is 6.02. The van der Waals surface area contributed by atoms with Gasteiger partial charge in [0.15, 0.2) is 5.78 Å². The molecule has 0 aliphatic rings. The Hall–Kier alpha value is -1.12. The molecule has 0 fully saturated rings. The molecular weight excluding hydrogens is 324 g/mol. The molecule has 0 saturated heterocycles. The quantitative estimate of drug-likeness (QED) is 0.708. The van der Waals surface area contributed by atoms with Crippen molar-refractivity contribution in [1.82, 2.24) is 0 Å². The summed E-state index contributed by atoms with van der Waals surface area (Å²) in [6.45, 7) is 4.06. The summed E-state index contributed by atoms with van der Waals surface area (Å²) in [5, 5.41) is 0.569. The summed E-state index contributed by atoms with van der Waals surface area (Å²) in [4.78, 5) is 12.3. The van der Waals surface area contributed by atoms with Crippen molar-refractivity contribution < 1.29 is 4.79 Å². The summed E-state index contributed by atoms with van der Waals surface area (Å²) in [5.74, 6) is 0.0839. The minimum Gasteiger partial charge on any atom is -0.294 e. The number of Topliss-reactive ketones (excluding diaryl/α,β-unsaturated/α-hetero) is 1. The van der Waals surface area contributed by atoms with Gasteiger partial charge in [-0.3, -0.25) is 4.79 Å². The molecule has 0 atom stereocenters. The largest absolute Gasteiger partial charge is 0.294 e. The SMILES string of the molecule is Cc1cccc(C)c1CC(=O)c1cc(Cl)cc(Br)c1. The van der Waals surface area contributed by atoms with E-state index < -0.39 is 0 Å². The summed E-state index contributed by atoms with van der Waals surface area (Å²) in [6.07, 6.45) is 0.408. The molecule has 0 radical (unpaired) electrons. The lowest BCUT2D eigenvalue weighted by Gasteiger charge is -2.09. The van der Waals surface area contributed by atoms with E-state index in [0.29, 0.717) is 17.0 Å². The van der Waals surface area contributed by atoms with Crippen LogP contribution < -0.4 is 0 Å². The van der Waals surface area contributed by atoms with Gasteiger partial charge in [0.25, 0.3) is 0 Å². The first-order valence-corrected chi connectivity index (χ1v) is 7.19. The van der Waals surface area contributed by atoms with Gasteiger partial charge < -0.3 is 0 Å². The maximum absolute atomic E-state index is 12.3. The number of benzene rings is 2. The van der Waals surface area contributed by atoms with Crippen LogP contribution in [0.25, 0.3) is 0 Å². The third-order valence-corrected chi connectivity index (χ3v) is 3.84. The van der Waals surface area contributed by atoms with Crippen LogP contribution >= 0.6 is 27.5 Å². The van der Waals surface area contributed by atoms with Crippen molar-refractivity contribution in [2.75, 3.05) is 0 Å². The van der Waals surface area contributed by atoms with Crippen LogP contribution in [-0.2, 0) is 6.42 Å². The van der Waals surface area contributed by atoms with Crippen LogP contribution in [-0.4, -0.2) is 5.78 Å². The minimum absolute atomic E-state index is 0.0839. The highest BCUT2D eigenvalue weighted by Gasteiger charge is 2.12. The molecule has 0 unspecified atom stereocenters. The van der Waals surface area contributed by atoms with E-state index in [1.807, 2.05) is 38.1 Å². The highest BCUT2D eigenvalue weighted by atomic mass is 79.9. The fraction of sp³-hybridized carbons (Fsp3) is 0.188. The number of ketones is 1. The molecule has 0 amide bonds. The van der Waals surface area contributed by atoms with Gasteiger partial charge in [0.05, 0.1) is 0 Å². The van der Waals surface area contributed by atoms with Gasteiger partial charge in [-0.05, 0) is 48.7 Å². The van der Waals surface area contributed by atoms with Crippen molar-refractivity contribution >= 4 is 33.3 Å². The first-order chi connectivity index (χ1) is 8.97. The van der Waals surface area contributed by atoms with Crippen LogP contribution in [0.5, 0.6) is 0 Å².